The SMILES string of the molecule is CC(C)C(C(=O)O)c1c2n(ncc1=O)[C@@H](C(c1cccc(F)c1)c1cccc(F)c1)[C@H]1CCCN1C2=O. The van der Waals surface area contributed by atoms with Crippen molar-refractivity contribution in [2.75, 3.05) is 6.54 Å². The minimum atomic E-state index is -1.22. The molecule has 1 unspecified atom stereocenters. The topological polar surface area (TPSA) is 92.5 Å². The van der Waals surface area contributed by atoms with Crippen LogP contribution < -0.4 is 5.43 Å². The molecule has 1 N–H and O–H groups in total. The van der Waals surface area contributed by atoms with Gasteiger partial charge < -0.3 is 10.0 Å². The molecule has 2 aromatic carbocycles. The summed E-state index contributed by atoms with van der Waals surface area (Å²) in [5, 5.41) is 14.4. The predicted octanol–water partition coefficient (Wildman–Crippen LogP) is 4.34. The molecule has 37 heavy (non-hydrogen) atoms. The van der Waals surface area contributed by atoms with E-state index in [4.69, 9.17) is 0 Å². The highest BCUT2D eigenvalue weighted by Gasteiger charge is 2.49. The van der Waals surface area contributed by atoms with Crippen LogP contribution >= 0.6 is 0 Å². The molecule has 3 aromatic rings. The molecule has 0 spiro atoms. The molecule has 0 aliphatic carbocycles. The Labute approximate surface area is 212 Å². The number of fused-ring (bicyclic) bond motifs is 2. The predicted molar refractivity (Wildman–Crippen MR) is 131 cm³/mol. The highest BCUT2D eigenvalue weighted by molar-refractivity contribution is 5.97. The molecule has 192 valence electrons. The van der Waals surface area contributed by atoms with E-state index in [0.29, 0.717) is 30.5 Å². The highest BCUT2D eigenvalue weighted by Crippen LogP contribution is 2.46. The maximum atomic E-state index is 14.4. The number of carbonyl (C=O) groups excluding carboxylic acids is 1. The van der Waals surface area contributed by atoms with Crippen molar-refractivity contribution >= 4 is 11.9 Å². The number of hydrogen-bond acceptors (Lipinski definition) is 4. The molecule has 0 bridgehead atoms. The van der Waals surface area contributed by atoms with E-state index >= 15 is 0 Å². The summed E-state index contributed by atoms with van der Waals surface area (Å²) in [4.78, 5) is 40.8. The molecule has 1 aromatic heterocycles. The molecule has 2 aliphatic rings. The molecule has 2 aliphatic heterocycles. The van der Waals surface area contributed by atoms with E-state index in [1.807, 2.05) is 0 Å². The zero-order chi connectivity index (χ0) is 26.4. The number of amides is 1. The average molecular weight is 508 g/mol. The first-order valence-electron chi connectivity index (χ1n) is 12.4. The molecule has 1 fully saturated rings. The third-order valence-electron chi connectivity index (χ3n) is 7.49. The Bertz CT molecular complexity index is 1390. The molecule has 0 saturated carbocycles. The van der Waals surface area contributed by atoms with Crippen molar-refractivity contribution < 1.29 is 23.5 Å². The van der Waals surface area contributed by atoms with Crippen LogP contribution in [0.25, 0.3) is 0 Å². The van der Waals surface area contributed by atoms with Crippen LogP contribution in [0, 0.1) is 17.6 Å². The molecule has 5 rings (SSSR count). The van der Waals surface area contributed by atoms with Crippen molar-refractivity contribution in [2.45, 2.75) is 50.6 Å². The third kappa shape index (κ3) is 4.22. The molecule has 3 heterocycles. The Hall–Kier alpha value is -3.88. The Balaban J connectivity index is 1.82. The van der Waals surface area contributed by atoms with Crippen molar-refractivity contribution in [3.05, 3.63) is 99.0 Å². The number of benzene rings is 2. The first-order chi connectivity index (χ1) is 17.7. The summed E-state index contributed by atoms with van der Waals surface area (Å²) >= 11 is 0. The van der Waals surface area contributed by atoms with Crippen LogP contribution in [0.1, 0.15) is 71.7 Å². The van der Waals surface area contributed by atoms with Gasteiger partial charge in [0, 0.05) is 18.0 Å². The minimum Gasteiger partial charge on any atom is -0.481 e. The summed E-state index contributed by atoms with van der Waals surface area (Å²) in [6, 6.07) is 11.0. The second-order valence-electron chi connectivity index (χ2n) is 10.1. The van der Waals surface area contributed by atoms with E-state index in [2.05, 4.69) is 5.10 Å². The van der Waals surface area contributed by atoms with Crippen LogP contribution in [0.5, 0.6) is 0 Å². The van der Waals surface area contributed by atoms with Gasteiger partial charge in [0.25, 0.3) is 5.91 Å². The zero-order valence-electron chi connectivity index (χ0n) is 20.5. The second-order valence-corrected chi connectivity index (χ2v) is 10.1. The quantitative estimate of drug-likeness (QED) is 0.536. The maximum Gasteiger partial charge on any atom is 0.311 e. The zero-order valence-corrected chi connectivity index (χ0v) is 20.5. The van der Waals surface area contributed by atoms with Gasteiger partial charge >= 0.3 is 5.97 Å². The van der Waals surface area contributed by atoms with Crippen LogP contribution in [-0.2, 0) is 4.79 Å². The fourth-order valence-electron chi connectivity index (χ4n) is 6.01. The lowest BCUT2D eigenvalue weighted by Gasteiger charge is -2.43. The van der Waals surface area contributed by atoms with E-state index in [0.717, 1.165) is 6.20 Å². The summed E-state index contributed by atoms with van der Waals surface area (Å²) < 4.78 is 30.3. The second kappa shape index (κ2) is 9.53. The van der Waals surface area contributed by atoms with Gasteiger partial charge in [0.15, 0.2) is 0 Å². The first-order valence-corrected chi connectivity index (χ1v) is 12.4. The van der Waals surface area contributed by atoms with E-state index in [1.54, 1.807) is 43.0 Å². The number of aromatic nitrogens is 2. The van der Waals surface area contributed by atoms with Crippen molar-refractivity contribution in [1.29, 1.82) is 0 Å². The van der Waals surface area contributed by atoms with Crippen LogP contribution in [0.3, 0.4) is 0 Å². The number of carboxylic acids is 1. The lowest BCUT2D eigenvalue weighted by atomic mass is 9.79. The maximum absolute atomic E-state index is 14.4. The molecule has 7 nitrogen and oxygen atoms in total. The third-order valence-corrected chi connectivity index (χ3v) is 7.49. The van der Waals surface area contributed by atoms with Gasteiger partial charge in [-0.3, -0.25) is 19.1 Å². The van der Waals surface area contributed by atoms with Crippen LogP contribution in [0.15, 0.2) is 59.5 Å². The Morgan fingerprint density at radius 3 is 2.22 bits per heavy atom. The van der Waals surface area contributed by atoms with Gasteiger partial charge in [0.1, 0.15) is 17.3 Å². The largest absolute Gasteiger partial charge is 0.481 e. The minimum absolute atomic E-state index is 0.0606. The van der Waals surface area contributed by atoms with Gasteiger partial charge in [0.05, 0.1) is 24.2 Å². The monoisotopic (exact) mass is 507 g/mol. The van der Waals surface area contributed by atoms with Gasteiger partial charge in [-0.2, -0.15) is 5.10 Å². The van der Waals surface area contributed by atoms with Gasteiger partial charge in [-0.1, -0.05) is 38.1 Å². The van der Waals surface area contributed by atoms with Gasteiger partial charge in [-0.15, -0.1) is 0 Å². The summed E-state index contributed by atoms with van der Waals surface area (Å²) in [5.74, 6) is -4.90. The van der Waals surface area contributed by atoms with E-state index in [-0.39, 0.29) is 17.3 Å². The van der Waals surface area contributed by atoms with E-state index < -0.39 is 52.7 Å². The van der Waals surface area contributed by atoms with E-state index in [1.165, 1.54) is 28.9 Å². The number of nitrogens with zero attached hydrogens (tertiary/aromatic N) is 3. The first kappa shape index (κ1) is 24.8. The number of carbonyl (C=O) groups is 2. The molecule has 0 radical (unpaired) electrons. The number of carboxylic acid groups (broad SMARTS) is 1. The summed E-state index contributed by atoms with van der Waals surface area (Å²) in [6.07, 6.45) is 2.38. The Morgan fingerprint density at radius 2 is 1.68 bits per heavy atom. The van der Waals surface area contributed by atoms with Gasteiger partial charge in [-0.25, -0.2) is 8.78 Å². The molecule has 1 saturated heterocycles. The summed E-state index contributed by atoms with van der Waals surface area (Å²) in [6.45, 7) is 3.80. The lowest BCUT2D eigenvalue weighted by Crippen LogP contribution is -2.52. The van der Waals surface area contributed by atoms with Crippen LogP contribution in [0.2, 0.25) is 0 Å². The molecule has 1 amide bonds. The number of hydrogen-bond donors (Lipinski definition) is 1. The fraction of sp³-hybridized carbons (Fsp3) is 0.357. The molecule has 3 atom stereocenters. The lowest BCUT2D eigenvalue weighted by molar-refractivity contribution is -0.139. The van der Waals surface area contributed by atoms with E-state index in [9.17, 15) is 28.3 Å². The number of rotatable bonds is 6. The Morgan fingerprint density at radius 1 is 1.05 bits per heavy atom. The normalized spacial score (nSPS) is 19.7. The highest BCUT2D eigenvalue weighted by atomic mass is 19.1. The fourth-order valence-corrected chi connectivity index (χ4v) is 6.01. The molecule has 9 heteroatoms. The average Bonchev–Trinajstić information content (AvgIpc) is 3.33. The van der Waals surface area contributed by atoms with Crippen molar-refractivity contribution in [2.24, 2.45) is 5.92 Å². The van der Waals surface area contributed by atoms with Crippen molar-refractivity contribution in [1.82, 2.24) is 14.7 Å². The molecular formula is C28H27F2N3O4. The van der Waals surface area contributed by atoms with Gasteiger partial charge in [-0.05, 0) is 54.2 Å². The standard InChI is InChI=1S/C28H27F2N3O4/c1-15(2)22(28(36)37)24-21(34)14-31-33-25(20-10-5-11-32(20)27(35)26(24)33)23(16-6-3-8-18(29)12-16)17-7-4-9-19(30)13-17/h3-4,6-9,12-15,20,22-23,25H,5,10-11H2,1-2H3,(H,36,37)/t20-,22?,25-/m1/s1. The number of halogens is 2. The summed E-state index contributed by atoms with van der Waals surface area (Å²) in [5.41, 5.74) is 0.335. The molecular weight excluding hydrogens is 480 g/mol. The van der Waals surface area contributed by atoms with Crippen molar-refractivity contribution in [3.63, 3.8) is 0 Å². The Kier molecular flexibility index (Phi) is 6.39. The number of aliphatic carboxylic acids is 1. The van der Waals surface area contributed by atoms with Crippen molar-refractivity contribution in [3.8, 4) is 0 Å². The summed E-state index contributed by atoms with van der Waals surface area (Å²) in [7, 11) is 0. The van der Waals surface area contributed by atoms with Gasteiger partial charge in [0.2, 0.25) is 5.43 Å². The van der Waals surface area contributed by atoms with Crippen LogP contribution in [-0.4, -0.2) is 44.3 Å². The van der Waals surface area contributed by atoms with Crippen LogP contribution in [0.4, 0.5) is 8.78 Å². The smallest absolute Gasteiger partial charge is 0.311 e.